The molecule has 76 valence electrons. The summed E-state index contributed by atoms with van der Waals surface area (Å²) >= 11 is 4.96. The number of thiocarbonyl (C=S) groups is 1. The summed E-state index contributed by atoms with van der Waals surface area (Å²) in [7, 11) is 0. The molecule has 0 aliphatic carbocycles. The number of rotatable bonds is 3. The third-order valence-electron chi connectivity index (χ3n) is 1.65. The molecular weight excluding hydrogens is 196 g/mol. The van der Waals surface area contributed by atoms with Gasteiger partial charge in [0, 0.05) is 12.7 Å². The molecule has 0 amide bonds. The third kappa shape index (κ3) is 3.18. The van der Waals surface area contributed by atoms with Crippen molar-refractivity contribution in [2.75, 3.05) is 6.54 Å². The van der Waals surface area contributed by atoms with E-state index >= 15 is 0 Å². The monoisotopic (exact) mass is 210 g/mol. The minimum atomic E-state index is 0.540. The summed E-state index contributed by atoms with van der Waals surface area (Å²) in [5.41, 5.74) is 4.61. The molecule has 0 radical (unpaired) electrons. The number of aromatic amines is 1. The average molecular weight is 210 g/mol. The van der Waals surface area contributed by atoms with Crippen molar-refractivity contribution in [3.8, 4) is 0 Å². The smallest absolute Gasteiger partial charge is 0.186 e. The van der Waals surface area contributed by atoms with Gasteiger partial charge in [-0.15, -0.1) is 0 Å². The van der Waals surface area contributed by atoms with Crippen molar-refractivity contribution in [3.63, 3.8) is 0 Å². The zero-order valence-corrected chi connectivity index (χ0v) is 9.11. The molecule has 5 heteroatoms. The summed E-state index contributed by atoms with van der Waals surface area (Å²) in [6, 6.07) is 3.88. The second kappa shape index (κ2) is 5.39. The zero-order chi connectivity index (χ0) is 10.4. The van der Waals surface area contributed by atoms with Crippen LogP contribution in [0, 0.1) is 0 Å². The van der Waals surface area contributed by atoms with Gasteiger partial charge in [-0.1, -0.05) is 0 Å². The molecule has 0 unspecified atom stereocenters. The summed E-state index contributed by atoms with van der Waals surface area (Å²) in [4.78, 5) is 3.06. The maximum atomic E-state index is 4.96. The molecule has 0 saturated carbocycles. The lowest BCUT2D eigenvalue weighted by Gasteiger charge is -2.04. The number of H-pyrrole nitrogens is 1. The van der Waals surface area contributed by atoms with Crippen LogP contribution in [0.1, 0.15) is 19.5 Å². The molecule has 0 fully saturated rings. The standard InChI is InChI=1S/C9H14N4S/c1-3-10-9(14)13-12-7(2)8-5-4-6-11-8/h4-6,11H,3H2,1-2H3,(H2,10,13,14)/b12-7-. The maximum Gasteiger partial charge on any atom is 0.186 e. The quantitative estimate of drug-likeness (QED) is 0.399. The van der Waals surface area contributed by atoms with Crippen molar-refractivity contribution in [1.82, 2.24) is 15.7 Å². The Balaban J connectivity index is 2.49. The van der Waals surface area contributed by atoms with Gasteiger partial charge in [-0.25, -0.2) is 0 Å². The van der Waals surface area contributed by atoms with E-state index in [4.69, 9.17) is 12.2 Å². The van der Waals surface area contributed by atoms with Gasteiger partial charge >= 0.3 is 0 Å². The molecule has 1 rings (SSSR count). The van der Waals surface area contributed by atoms with Gasteiger partial charge in [-0.3, -0.25) is 5.43 Å². The van der Waals surface area contributed by atoms with Crippen LogP contribution < -0.4 is 10.7 Å². The molecule has 0 atom stereocenters. The number of hydrazone groups is 1. The van der Waals surface area contributed by atoms with Crippen LogP contribution in [0.5, 0.6) is 0 Å². The number of hydrogen-bond acceptors (Lipinski definition) is 2. The molecule has 1 aromatic rings. The molecular formula is C9H14N4S. The highest BCUT2D eigenvalue weighted by atomic mass is 32.1. The van der Waals surface area contributed by atoms with Crippen LogP contribution in [0.4, 0.5) is 0 Å². The van der Waals surface area contributed by atoms with E-state index in [0.717, 1.165) is 18.0 Å². The van der Waals surface area contributed by atoms with Gasteiger partial charge in [0.1, 0.15) is 0 Å². The summed E-state index contributed by atoms with van der Waals surface area (Å²) in [5.74, 6) is 0. The van der Waals surface area contributed by atoms with E-state index in [1.807, 2.05) is 32.2 Å². The highest BCUT2D eigenvalue weighted by Crippen LogP contribution is 1.95. The van der Waals surface area contributed by atoms with E-state index in [0.29, 0.717) is 5.11 Å². The molecule has 0 aliphatic rings. The molecule has 1 heterocycles. The summed E-state index contributed by atoms with van der Waals surface area (Å²) in [6.07, 6.45) is 1.86. The first kappa shape index (κ1) is 10.7. The van der Waals surface area contributed by atoms with Crippen LogP contribution >= 0.6 is 12.2 Å². The molecule has 3 N–H and O–H groups in total. The summed E-state index contributed by atoms with van der Waals surface area (Å²) in [6.45, 7) is 4.69. The molecule has 0 saturated heterocycles. The van der Waals surface area contributed by atoms with Crippen molar-refractivity contribution in [2.45, 2.75) is 13.8 Å². The van der Waals surface area contributed by atoms with Crippen LogP contribution in [0.2, 0.25) is 0 Å². The third-order valence-corrected chi connectivity index (χ3v) is 1.89. The molecule has 0 spiro atoms. The van der Waals surface area contributed by atoms with Crippen molar-refractivity contribution < 1.29 is 0 Å². The Bertz CT molecular complexity index is 316. The van der Waals surface area contributed by atoms with Gasteiger partial charge in [-0.2, -0.15) is 5.10 Å². The molecule has 1 aromatic heterocycles. The minimum Gasteiger partial charge on any atom is -0.362 e. The fourth-order valence-electron chi connectivity index (χ4n) is 0.950. The average Bonchev–Trinajstić information content (AvgIpc) is 2.67. The first-order valence-electron chi connectivity index (χ1n) is 4.46. The molecule has 0 bridgehead atoms. The Hall–Kier alpha value is -1.36. The van der Waals surface area contributed by atoms with Crippen LogP contribution in [0.15, 0.2) is 23.4 Å². The summed E-state index contributed by atoms with van der Waals surface area (Å²) in [5, 5.41) is 7.61. The lowest BCUT2D eigenvalue weighted by Crippen LogP contribution is -2.32. The van der Waals surface area contributed by atoms with Gasteiger partial charge < -0.3 is 10.3 Å². The topological polar surface area (TPSA) is 52.2 Å². The van der Waals surface area contributed by atoms with Gasteiger partial charge in [0.2, 0.25) is 0 Å². The minimum absolute atomic E-state index is 0.540. The van der Waals surface area contributed by atoms with E-state index in [1.54, 1.807) is 0 Å². The molecule has 0 aromatic carbocycles. The number of hydrogen-bond donors (Lipinski definition) is 3. The SMILES string of the molecule is CCNC(=S)N/N=C(/C)c1ccc[nH]1. The molecule has 4 nitrogen and oxygen atoms in total. The number of nitrogens with zero attached hydrogens (tertiary/aromatic N) is 1. The van der Waals surface area contributed by atoms with E-state index in [9.17, 15) is 0 Å². The van der Waals surface area contributed by atoms with Crippen LogP contribution in [0.3, 0.4) is 0 Å². The highest BCUT2D eigenvalue weighted by molar-refractivity contribution is 7.80. The van der Waals surface area contributed by atoms with E-state index in [2.05, 4.69) is 20.8 Å². The van der Waals surface area contributed by atoms with E-state index < -0.39 is 0 Å². The van der Waals surface area contributed by atoms with E-state index in [-0.39, 0.29) is 0 Å². The maximum absolute atomic E-state index is 4.96. The van der Waals surface area contributed by atoms with Crippen LogP contribution in [-0.2, 0) is 0 Å². The predicted octanol–water partition coefficient (Wildman–Crippen LogP) is 1.22. The van der Waals surface area contributed by atoms with Crippen molar-refractivity contribution in [2.24, 2.45) is 5.10 Å². The van der Waals surface area contributed by atoms with Crippen LogP contribution in [0.25, 0.3) is 0 Å². The Morgan fingerprint density at radius 3 is 3.00 bits per heavy atom. The Morgan fingerprint density at radius 1 is 1.64 bits per heavy atom. The van der Waals surface area contributed by atoms with Gasteiger partial charge in [0.25, 0.3) is 0 Å². The largest absolute Gasteiger partial charge is 0.362 e. The Morgan fingerprint density at radius 2 is 2.43 bits per heavy atom. The lowest BCUT2D eigenvalue weighted by molar-refractivity contribution is 0.900. The van der Waals surface area contributed by atoms with Crippen LogP contribution in [-0.4, -0.2) is 22.4 Å². The Labute approximate surface area is 88.8 Å². The van der Waals surface area contributed by atoms with Crippen molar-refractivity contribution in [3.05, 3.63) is 24.0 Å². The molecule has 14 heavy (non-hydrogen) atoms. The predicted molar refractivity (Wildman–Crippen MR) is 62.4 cm³/mol. The van der Waals surface area contributed by atoms with E-state index in [1.165, 1.54) is 0 Å². The fraction of sp³-hybridized carbons (Fsp3) is 0.333. The van der Waals surface area contributed by atoms with Crippen molar-refractivity contribution >= 4 is 23.0 Å². The Kier molecular flexibility index (Phi) is 4.12. The summed E-state index contributed by atoms with van der Waals surface area (Å²) < 4.78 is 0. The zero-order valence-electron chi connectivity index (χ0n) is 8.29. The number of aromatic nitrogens is 1. The van der Waals surface area contributed by atoms with Gasteiger partial charge in [0.05, 0.1) is 11.4 Å². The fourth-order valence-corrected chi connectivity index (χ4v) is 1.14. The first-order valence-corrected chi connectivity index (χ1v) is 4.86. The molecule has 0 aliphatic heterocycles. The second-order valence-corrected chi connectivity index (χ2v) is 3.16. The highest BCUT2D eigenvalue weighted by Gasteiger charge is 1.96. The first-order chi connectivity index (χ1) is 6.74. The second-order valence-electron chi connectivity index (χ2n) is 2.75. The van der Waals surface area contributed by atoms with Crippen molar-refractivity contribution in [1.29, 1.82) is 0 Å². The normalized spacial score (nSPS) is 11.1. The van der Waals surface area contributed by atoms with Gasteiger partial charge in [0.15, 0.2) is 5.11 Å². The lowest BCUT2D eigenvalue weighted by atomic mass is 10.3. The van der Waals surface area contributed by atoms with Gasteiger partial charge in [-0.05, 0) is 38.2 Å². The number of nitrogens with one attached hydrogen (secondary N) is 3.